The Hall–Kier alpha value is -2.90. The minimum atomic E-state index is -3.60. The largest absolute Gasteiger partial charge is 0.497 e. The molecule has 0 saturated heterocycles. The Morgan fingerprint density at radius 3 is 2.31 bits per heavy atom. The molecule has 3 aromatic rings. The van der Waals surface area contributed by atoms with E-state index in [0.29, 0.717) is 12.1 Å². The van der Waals surface area contributed by atoms with E-state index >= 15 is 0 Å². The van der Waals surface area contributed by atoms with E-state index in [0.717, 1.165) is 26.4 Å². The summed E-state index contributed by atoms with van der Waals surface area (Å²) in [6, 6.07) is 18.0. The molecule has 0 aliphatic heterocycles. The molecule has 7 heteroatoms. The first-order chi connectivity index (χ1) is 13.7. The van der Waals surface area contributed by atoms with Gasteiger partial charge in [0.05, 0.1) is 12.0 Å². The molecular weight excluding hydrogens is 388 g/mol. The van der Waals surface area contributed by atoms with Crippen LogP contribution < -0.4 is 4.74 Å². The Morgan fingerprint density at radius 2 is 1.62 bits per heavy atom. The minimum absolute atomic E-state index is 0.0985. The highest BCUT2D eigenvalue weighted by Crippen LogP contribution is 2.23. The molecule has 1 amide bonds. The Labute approximate surface area is 171 Å². The third-order valence-electron chi connectivity index (χ3n) is 4.74. The van der Waals surface area contributed by atoms with Gasteiger partial charge in [0.25, 0.3) is 5.91 Å². The second-order valence-corrected chi connectivity index (χ2v) is 9.18. The molecule has 0 unspecified atom stereocenters. The maximum atomic E-state index is 12.8. The highest BCUT2D eigenvalue weighted by molar-refractivity contribution is 7.89. The molecule has 3 aromatic carbocycles. The van der Waals surface area contributed by atoms with Crippen molar-refractivity contribution in [2.45, 2.75) is 11.4 Å². The lowest BCUT2D eigenvalue weighted by Crippen LogP contribution is -2.27. The molecule has 0 heterocycles. The first-order valence-electron chi connectivity index (χ1n) is 9.07. The smallest absolute Gasteiger partial charge is 0.253 e. The fraction of sp³-hybridized carbons (Fsp3) is 0.227. The number of rotatable bonds is 6. The van der Waals surface area contributed by atoms with Gasteiger partial charge >= 0.3 is 0 Å². The summed E-state index contributed by atoms with van der Waals surface area (Å²) < 4.78 is 31.0. The van der Waals surface area contributed by atoms with Gasteiger partial charge in [0.2, 0.25) is 10.0 Å². The van der Waals surface area contributed by atoms with Crippen LogP contribution in [0.3, 0.4) is 0 Å². The number of carbonyl (C=O) groups excluding carboxylic acids is 1. The van der Waals surface area contributed by atoms with Gasteiger partial charge in [-0.15, -0.1) is 0 Å². The number of benzene rings is 3. The Morgan fingerprint density at radius 1 is 0.931 bits per heavy atom. The summed E-state index contributed by atoms with van der Waals surface area (Å²) in [5, 5.41) is 2.12. The number of fused-ring (bicyclic) bond motifs is 1. The molecule has 0 aliphatic carbocycles. The van der Waals surface area contributed by atoms with Crippen molar-refractivity contribution in [2.24, 2.45) is 0 Å². The summed E-state index contributed by atoms with van der Waals surface area (Å²) in [4.78, 5) is 14.5. The van der Waals surface area contributed by atoms with Gasteiger partial charge in [-0.05, 0) is 52.7 Å². The van der Waals surface area contributed by atoms with Crippen LogP contribution in [-0.4, -0.2) is 51.8 Å². The number of methoxy groups -OCH3 is 1. The third-order valence-corrected chi connectivity index (χ3v) is 6.55. The number of amides is 1. The van der Waals surface area contributed by atoms with Crippen LogP contribution in [0.25, 0.3) is 10.8 Å². The van der Waals surface area contributed by atoms with Crippen molar-refractivity contribution in [3.63, 3.8) is 0 Å². The maximum Gasteiger partial charge on any atom is 0.253 e. The van der Waals surface area contributed by atoms with Crippen LogP contribution in [0.4, 0.5) is 0 Å². The van der Waals surface area contributed by atoms with Crippen LogP contribution in [0.15, 0.2) is 65.6 Å². The predicted molar refractivity (Wildman–Crippen MR) is 114 cm³/mol. The first kappa shape index (κ1) is 20.8. The van der Waals surface area contributed by atoms with Gasteiger partial charge in [-0.25, -0.2) is 12.7 Å². The van der Waals surface area contributed by atoms with Crippen LogP contribution in [0.2, 0.25) is 0 Å². The zero-order chi connectivity index (χ0) is 21.2. The van der Waals surface area contributed by atoms with E-state index in [1.165, 1.54) is 26.2 Å². The van der Waals surface area contributed by atoms with Gasteiger partial charge in [-0.3, -0.25) is 4.79 Å². The summed E-state index contributed by atoms with van der Waals surface area (Å²) >= 11 is 0. The van der Waals surface area contributed by atoms with Gasteiger partial charge in [0.15, 0.2) is 0 Å². The van der Waals surface area contributed by atoms with Gasteiger partial charge in [-0.1, -0.05) is 24.3 Å². The number of sulfonamides is 1. The molecule has 29 heavy (non-hydrogen) atoms. The van der Waals surface area contributed by atoms with Crippen LogP contribution in [0.1, 0.15) is 15.9 Å². The van der Waals surface area contributed by atoms with Gasteiger partial charge in [0, 0.05) is 33.3 Å². The molecule has 0 bridgehead atoms. The van der Waals surface area contributed by atoms with Crippen LogP contribution in [0, 0.1) is 0 Å². The quantitative estimate of drug-likeness (QED) is 0.623. The molecule has 0 saturated carbocycles. The second-order valence-electron chi connectivity index (χ2n) is 7.02. The van der Waals surface area contributed by atoms with E-state index in [4.69, 9.17) is 4.74 Å². The minimum Gasteiger partial charge on any atom is -0.497 e. The highest BCUT2D eigenvalue weighted by Gasteiger charge is 2.20. The van der Waals surface area contributed by atoms with E-state index in [9.17, 15) is 13.2 Å². The Bertz CT molecular complexity index is 1160. The molecule has 0 fully saturated rings. The molecule has 0 N–H and O–H groups in total. The van der Waals surface area contributed by atoms with Crippen molar-refractivity contribution >= 4 is 26.7 Å². The van der Waals surface area contributed by atoms with Crippen molar-refractivity contribution < 1.29 is 17.9 Å². The van der Waals surface area contributed by atoms with Crippen molar-refractivity contribution in [1.82, 2.24) is 9.21 Å². The molecule has 0 spiro atoms. The van der Waals surface area contributed by atoms with Crippen LogP contribution >= 0.6 is 0 Å². The SMILES string of the molecule is COc1ccc2cc(CN(C)C(=O)c3cccc(S(=O)(=O)N(C)C)c3)ccc2c1. The summed E-state index contributed by atoms with van der Waals surface area (Å²) in [7, 11) is 2.67. The van der Waals surface area contributed by atoms with Crippen molar-refractivity contribution in [1.29, 1.82) is 0 Å². The fourth-order valence-corrected chi connectivity index (χ4v) is 4.01. The van der Waals surface area contributed by atoms with Gasteiger partial charge in [-0.2, -0.15) is 0 Å². The Balaban J connectivity index is 1.81. The molecule has 0 aliphatic rings. The number of ether oxygens (including phenoxy) is 1. The summed E-state index contributed by atoms with van der Waals surface area (Å²) in [6.45, 7) is 0.408. The predicted octanol–water partition coefficient (Wildman–Crippen LogP) is 3.37. The first-order valence-corrected chi connectivity index (χ1v) is 10.5. The van der Waals surface area contributed by atoms with Crippen molar-refractivity contribution in [2.75, 3.05) is 28.3 Å². The average Bonchev–Trinajstić information content (AvgIpc) is 2.72. The van der Waals surface area contributed by atoms with Crippen molar-refractivity contribution in [3.05, 3.63) is 71.8 Å². The van der Waals surface area contributed by atoms with Gasteiger partial charge < -0.3 is 9.64 Å². The molecule has 0 atom stereocenters. The van der Waals surface area contributed by atoms with Gasteiger partial charge in [0.1, 0.15) is 5.75 Å². The van der Waals surface area contributed by atoms with Crippen LogP contribution in [-0.2, 0) is 16.6 Å². The number of hydrogen-bond acceptors (Lipinski definition) is 4. The summed E-state index contributed by atoms with van der Waals surface area (Å²) in [6.07, 6.45) is 0. The van der Waals surface area contributed by atoms with E-state index in [1.54, 1.807) is 31.2 Å². The summed E-state index contributed by atoms with van der Waals surface area (Å²) in [5.41, 5.74) is 1.32. The van der Waals surface area contributed by atoms with Crippen molar-refractivity contribution in [3.8, 4) is 5.75 Å². The third kappa shape index (κ3) is 4.41. The van der Waals surface area contributed by atoms with E-state index < -0.39 is 10.0 Å². The molecule has 6 nitrogen and oxygen atoms in total. The normalized spacial score (nSPS) is 11.6. The number of hydrogen-bond donors (Lipinski definition) is 0. The van der Waals surface area contributed by atoms with E-state index in [2.05, 4.69) is 0 Å². The topological polar surface area (TPSA) is 66.9 Å². The molecule has 3 rings (SSSR count). The standard InChI is InChI=1S/C22H24N2O4S/c1-23(2)29(26,27)21-7-5-6-19(14-21)22(25)24(3)15-16-8-9-18-13-20(28-4)11-10-17(18)12-16/h5-14H,15H2,1-4H3. The number of nitrogens with zero attached hydrogens (tertiary/aromatic N) is 2. The van der Waals surface area contributed by atoms with Crippen LogP contribution in [0.5, 0.6) is 5.75 Å². The zero-order valence-corrected chi connectivity index (χ0v) is 17.7. The maximum absolute atomic E-state index is 12.8. The molecule has 0 aromatic heterocycles. The molecular formula is C22H24N2O4S. The number of carbonyl (C=O) groups is 1. The fourth-order valence-electron chi connectivity index (χ4n) is 3.07. The average molecular weight is 413 g/mol. The lowest BCUT2D eigenvalue weighted by atomic mass is 10.1. The van der Waals surface area contributed by atoms with E-state index in [1.807, 2.05) is 36.4 Å². The lowest BCUT2D eigenvalue weighted by Gasteiger charge is -2.19. The second kappa shape index (κ2) is 8.23. The molecule has 0 radical (unpaired) electrons. The monoisotopic (exact) mass is 412 g/mol. The van der Waals surface area contributed by atoms with E-state index in [-0.39, 0.29) is 10.8 Å². The lowest BCUT2D eigenvalue weighted by molar-refractivity contribution is 0.0785. The summed E-state index contributed by atoms with van der Waals surface area (Å²) in [5.74, 6) is 0.556. The zero-order valence-electron chi connectivity index (χ0n) is 16.9. The Kier molecular flexibility index (Phi) is 5.91. The highest BCUT2D eigenvalue weighted by atomic mass is 32.2. The molecule has 152 valence electrons.